The van der Waals surface area contributed by atoms with Crippen molar-refractivity contribution in [2.45, 2.75) is 54.6 Å². The summed E-state index contributed by atoms with van der Waals surface area (Å²) in [5.74, 6) is 0. The van der Waals surface area contributed by atoms with Crippen LogP contribution in [0.3, 0.4) is 0 Å². The summed E-state index contributed by atoms with van der Waals surface area (Å²) in [6.45, 7) is 15.6. The Labute approximate surface area is 261 Å². The van der Waals surface area contributed by atoms with E-state index in [0.29, 0.717) is 0 Å². The predicted octanol–water partition coefficient (Wildman–Crippen LogP) is 6.31. The molecule has 0 saturated carbocycles. The van der Waals surface area contributed by atoms with E-state index in [1.54, 1.807) is 0 Å². The minimum atomic E-state index is -2.50. The van der Waals surface area contributed by atoms with Crippen LogP contribution in [-0.4, -0.2) is 23.2 Å². The van der Waals surface area contributed by atoms with Crippen LogP contribution in [0.5, 0.6) is 0 Å². The molecule has 0 heterocycles. The summed E-state index contributed by atoms with van der Waals surface area (Å²) in [6, 6.07) is 42.4. The Balaban J connectivity index is 1.64. The smallest absolute Gasteiger partial charge is 0.284 e. The fraction of sp³-hybridized carbons (Fsp3) is 0.200. The summed E-state index contributed by atoms with van der Waals surface area (Å²) in [5.41, 5.74) is 10.4. The molecule has 0 N–H and O–H groups in total. The number of benzene rings is 5. The molecule has 1 nitrogen and oxygen atoms in total. The van der Waals surface area contributed by atoms with Gasteiger partial charge in [0.1, 0.15) is 0 Å². The Morgan fingerprint density at radius 2 is 0.860 bits per heavy atom. The molecule has 0 bridgehead atoms. The molecule has 1 radical (unpaired) electrons. The summed E-state index contributed by atoms with van der Waals surface area (Å²) >= 11 is 0. The molecule has 43 heavy (non-hydrogen) atoms. The van der Waals surface area contributed by atoms with Crippen molar-refractivity contribution in [3.8, 4) is 0 Å². The van der Waals surface area contributed by atoms with Gasteiger partial charge in [-0.05, 0) is 96.7 Å². The van der Waals surface area contributed by atoms with E-state index in [1.807, 2.05) is 0 Å². The van der Waals surface area contributed by atoms with E-state index in [2.05, 4.69) is 176 Å². The third kappa shape index (κ3) is 6.45. The highest BCUT2D eigenvalue weighted by molar-refractivity contribution is 7.14. The van der Waals surface area contributed by atoms with Crippen molar-refractivity contribution < 1.29 is 4.43 Å². The molecule has 0 aliphatic carbocycles. The Hall–Kier alpha value is -3.77. The first kappa shape index (κ1) is 30.7. The average molecular weight is 596 g/mol. The lowest BCUT2D eigenvalue weighted by Gasteiger charge is -2.31. The van der Waals surface area contributed by atoms with Gasteiger partial charge in [0.2, 0.25) is 0 Å². The molecular formula is C40H43OSi2. The van der Waals surface area contributed by atoms with Gasteiger partial charge in [-0.2, -0.15) is 0 Å². The molecule has 1 unspecified atom stereocenters. The standard InChI is InChI=1S/C40H43OSi2/c1-29-25-31(3)39(32(4)26-29)42(40-33(5)27-30(2)28-34(40)6)41-35(7)23-24-43(36-17-11-8-12-18-36,37-19-13-9-14-20-37)38-21-15-10-16-22-38/h8-28,35H,1-7H3/b24-23+. The molecule has 0 aromatic heterocycles. The summed E-state index contributed by atoms with van der Waals surface area (Å²) < 4.78 is 7.27. The lowest BCUT2D eigenvalue weighted by Crippen LogP contribution is -2.66. The maximum absolute atomic E-state index is 7.27. The summed E-state index contributed by atoms with van der Waals surface area (Å²) in [7, 11) is -4.05. The number of aryl methyl sites for hydroxylation is 6. The molecule has 0 aliphatic rings. The third-order valence-corrected chi connectivity index (χ3v) is 15.9. The highest BCUT2D eigenvalue weighted by Gasteiger charge is 2.37. The van der Waals surface area contributed by atoms with Gasteiger partial charge in [0, 0.05) is 0 Å². The van der Waals surface area contributed by atoms with Crippen LogP contribution >= 0.6 is 0 Å². The molecule has 0 saturated heterocycles. The maximum Gasteiger partial charge on any atom is 0.284 e. The second kappa shape index (κ2) is 13.3. The lowest BCUT2D eigenvalue weighted by molar-refractivity contribution is 0.282. The van der Waals surface area contributed by atoms with Crippen LogP contribution in [0.25, 0.3) is 0 Å². The molecular weight excluding hydrogens is 553 g/mol. The Morgan fingerprint density at radius 3 is 1.19 bits per heavy atom. The highest BCUT2D eigenvalue weighted by atomic mass is 28.3. The van der Waals surface area contributed by atoms with Gasteiger partial charge in [0.25, 0.3) is 9.04 Å². The second-order valence-corrected chi connectivity index (χ2v) is 17.5. The van der Waals surface area contributed by atoms with Crippen LogP contribution in [0.1, 0.15) is 40.3 Å². The van der Waals surface area contributed by atoms with Crippen molar-refractivity contribution in [1.82, 2.24) is 0 Å². The van der Waals surface area contributed by atoms with Crippen molar-refractivity contribution in [3.05, 3.63) is 160 Å². The van der Waals surface area contributed by atoms with Gasteiger partial charge in [0.05, 0.1) is 6.10 Å². The molecule has 5 rings (SSSR count). The first-order valence-electron chi connectivity index (χ1n) is 15.3. The van der Waals surface area contributed by atoms with E-state index >= 15 is 0 Å². The Bertz CT molecular complexity index is 1510. The van der Waals surface area contributed by atoms with Crippen molar-refractivity contribution in [2.75, 3.05) is 0 Å². The van der Waals surface area contributed by atoms with Crippen LogP contribution in [0.2, 0.25) is 0 Å². The van der Waals surface area contributed by atoms with E-state index in [1.165, 1.54) is 59.3 Å². The normalized spacial score (nSPS) is 12.7. The molecule has 3 heteroatoms. The predicted molar refractivity (Wildman–Crippen MR) is 190 cm³/mol. The zero-order chi connectivity index (χ0) is 30.6. The minimum absolute atomic E-state index is 0.0721. The molecule has 0 aliphatic heterocycles. The summed E-state index contributed by atoms with van der Waals surface area (Å²) in [4.78, 5) is 0. The van der Waals surface area contributed by atoms with Crippen LogP contribution in [0.4, 0.5) is 0 Å². The molecule has 5 aromatic carbocycles. The van der Waals surface area contributed by atoms with E-state index in [4.69, 9.17) is 4.43 Å². The number of rotatable bonds is 9. The summed E-state index contributed by atoms with van der Waals surface area (Å²) in [5, 5.41) is 6.87. The molecule has 5 aromatic rings. The fourth-order valence-corrected chi connectivity index (χ4v) is 13.7. The Morgan fingerprint density at radius 1 is 0.535 bits per heavy atom. The van der Waals surface area contributed by atoms with Crippen molar-refractivity contribution >= 4 is 43.0 Å². The van der Waals surface area contributed by atoms with Gasteiger partial charge in [-0.15, -0.1) is 0 Å². The zero-order valence-corrected chi connectivity index (χ0v) is 28.6. The monoisotopic (exact) mass is 595 g/mol. The molecule has 0 amide bonds. The maximum atomic E-state index is 7.27. The number of hydrogen-bond donors (Lipinski definition) is 0. The first-order valence-corrected chi connectivity index (χ1v) is 18.7. The van der Waals surface area contributed by atoms with E-state index in [-0.39, 0.29) is 6.10 Å². The molecule has 217 valence electrons. The van der Waals surface area contributed by atoms with Gasteiger partial charge in [-0.1, -0.05) is 138 Å². The SMILES string of the molecule is Cc1cc(C)c([Si](OC(C)/C=C/[Si](c2ccccc2)(c2ccccc2)c2ccccc2)c2c(C)cc(C)cc2C)c(C)c1. The minimum Gasteiger partial charge on any atom is -0.401 e. The average Bonchev–Trinajstić information content (AvgIpc) is 2.98. The summed E-state index contributed by atoms with van der Waals surface area (Å²) in [6.07, 6.45) is 2.28. The molecule has 0 spiro atoms. The fourth-order valence-electron chi connectivity index (χ4n) is 6.72. The van der Waals surface area contributed by atoms with Gasteiger partial charge in [-0.3, -0.25) is 0 Å². The number of hydrogen-bond acceptors (Lipinski definition) is 1. The molecule has 0 fully saturated rings. The van der Waals surface area contributed by atoms with E-state index < -0.39 is 17.1 Å². The van der Waals surface area contributed by atoms with E-state index in [0.717, 1.165) is 0 Å². The van der Waals surface area contributed by atoms with Crippen LogP contribution in [0.15, 0.2) is 127 Å². The van der Waals surface area contributed by atoms with Crippen LogP contribution in [-0.2, 0) is 4.43 Å². The topological polar surface area (TPSA) is 9.23 Å². The molecule has 1 atom stereocenters. The first-order chi connectivity index (χ1) is 20.7. The van der Waals surface area contributed by atoms with Gasteiger partial charge in [0.15, 0.2) is 8.07 Å². The van der Waals surface area contributed by atoms with Crippen molar-refractivity contribution in [2.24, 2.45) is 0 Å². The Kier molecular flexibility index (Phi) is 9.46. The zero-order valence-electron chi connectivity index (χ0n) is 26.6. The highest BCUT2D eigenvalue weighted by Crippen LogP contribution is 2.16. The van der Waals surface area contributed by atoms with Gasteiger partial charge < -0.3 is 4.43 Å². The van der Waals surface area contributed by atoms with Crippen LogP contribution in [0, 0.1) is 41.5 Å². The second-order valence-electron chi connectivity index (χ2n) is 12.0. The van der Waals surface area contributed by atoms with Crippen molar-refractivity contribution in [3.63, 3.8) is 0 Å². The van der Waals surface area contributed by atoms with Crippen LogP contribution < -0.4 is 25.9 Å². The van der Waals surface area contributed by atoms with Crippen molar-refractivity contribution in [1.29, 1.82) is 0 Å². The van der Waals surface area contributed by atoms with Gasteiger partial charge >= 0.3 is 0 Å². The largest absolute Gasteiger partial charge is 0.401 e. The quantitative estimate of drug-likeness (QED) is 0.143. The third-order valence-electron chi connectivity index (χ3n) is 8.42. The lowest BCUT2D eigenvalue weighted by atomic mass is 10.1. The van der Waals surface area contributed by atoms with E-state index in [9.17, 15) is 0 Å². The van der Waals surface area contributed by atoms with Gasteiger partial charge in [-0.25, -0.2) is 0 Å².